The van der Waals surface area contributed by atoms with E-state index in [4.69, 9.17) is 0 Å². The summed E-state index contributed by atoms with van der Waals surface area (Å²) >= 11 is 0. The molecule has 12 heavy (non-hydrogen) atoms. The second kappa shape index (κ2) is 10.2. The first-order chi connectivity index (χ1) is 5.09. The average Bonchev–Trinajstić information content (AvgIpc) is 2.05. The fraction of sp³-hybridized carbons (Fsp3) is 0.500. The molecule has 0 aliphatic carbocycles. The van der Waals surface area contributed by atoms with Crippen LogP contribution in [-0.2, 0) is 0 Å². The molecule has 0 N–H and O–H groups in total. The van der Waals surface area contributed by atoms with Crippen LogP contribution in [-0.4, -0.2) is 0 Å². The molecule has 0 nitrogen and oxygen atoms in total. The lowest BCUT2D eigenvalue weighted by molar-refractivity contribution is 1.29. The molecule has 0 amide bonds. The maximum atomic E-state index is 3.82. The molecule has 0 atom stereocenters. The summed E-state index contributed by atoms with van der Waals surface area (Å²) in [6.45, 7) is 17.6. The third-order valence-corrected chi connectivity index (χ3v) is 1.54. The second-order valence-corrected chi connectivity index (χ2v) is 2.29. The molecule has 72 valence electrons. The second-order valence-electron chi connectivity index (χ2n) is 2.29. The third-order valence-electron chi connectivity index (χ3n) is 1.54. The van der Waals surface area contributed by atoms with Crippen molar-refractivity contribution in [1.29, 1.82) is 0 Å². The van der Waals surface area contributed by atoms with Crippen LogP contribution in [0, 0.1) is 0 Å². The number of allylic oxidation sites excluding steroid dienone is 4. The van der Waals surface area contributed by atoms with Crippen LogP contribution >= 0.6 is 0 Å². The molecule has 0 radical (unpaired) electrons. The predicted octanol–water partition coefficient (Wildman–Crippen LogP) is 4.75. The van der Waals surface area contributed by atoms with Crippen molar-refractivity contribution >= 4 is 0 Å². The fourth-order valence-corrected chi connectivity index (χ4v) is 0.490. The van der Waals surface area contributed by atoms with Gasteiger partial charge in [-0.15, -0.1) is 0 Å². The molecule has 0 rings (SSSR count). The van der Waals surface area contributed by atoms with E-state index in [9.17, 15) is 0 Å². The molecule has 0 heterocycles. The largest absolute Gasteiger partial charge is 0.0988 e. The Morgan fingerprint density at radius 1 is 1.08 bits per heavy atom. The van der Waals surface area contributed by atoms with E-state index in [-0.39, 0.29) is 7.43 Å². The molecule has 0 bridgehead atoms. The normalized spacial score (nSPS) is 9.75. The van der Waals surface area contributed by atoms with E-state index in [1.807, 2.05) is 33.8 Å². The Hall–Kier alpha value is -0.780. The Morgan fingerprint density at radius 2 is 1.42 bits per heavy atom. The van der Waals surface area contributed by atoms with Gasteiger partial charge in [-0.2, -0.15) is 0 Å². The van der Waals surface area contributed by atoms with Gasteiger partial charge in [0.1, 0.15) is 0 Å². The molecule has 0 aliphatic rings. The highest BCUT2D eigenvalue weighted by molar-refractivity contribution is 5.33. The highest BCUT2D eigenvalue weighted by atomic mass is 14.0. The molecule has 0 fully saturated rings. The van der Waals surface area contributed by atoms with Crippen molar-refractivity contribution in [3.8, 4) is 0 Å². The summed E-state index contributed by atoms with van der Waals surface area (Å²) in [5.41, 5.74) is 3.57. The molecule has 0 aromatic heterocycles. The summed E-state index contributed by atoms with van der Waals surface area (Å²) in [5, 5.41) is 0. The van der Waals surface area contributed by atoms with Crippen molar-refractivity contribution in [2.24, 2.45) is 0 Å². The summed E-state index contributed by atoms with van der Waals surface area (Å²) in [4.78, 5) is 0. The number of hydrogen-bond donors (Lipinski definition) is 0. The minimum atomic E-state index is 0. The first-order valence-corrected chi connectivity index (χ1v) is 4.05. The molecule has 0 aliphatic heterocycles. The Bertz CT molecular complexity index is 159. The lowest BCUT2D eigenvalue weighted by atomic mass is 10.1. The minimum absolute atomic E-state index is 0. The highest BCUT2D eigenvalue weighted by Gasteiger charge is 1.90. The number of hydrogen-bond acceptors (Lipinski definition) is 0. The lowest BCUT2D eigenvalue weighted by Gasteiger charge is -2.00. The summed E-state index contributed by atoms with van der Waals surface area (Å²) in [6, 6.07) is 0. The van der Waals surface area contributed by atoms with E-state index in [0.717, 1.165) is 5.57 Å². The van der Waals surface area contributed by atoms with Gasteiger partial charge in [-0.25, -0.2) is 0 Å². The lowest BCUT2D eigenvalue weighted by Crippen LogP contribution is -1.80. The van der Waals surface area contributed by atoms with Crippen molar-refractivity contribution in [2.75, 3.05) is 0 Å². The van der Waals surface area contributed by atoms with Crippen molar-refractivity contribution in [2.45, 2.75) is 42.0 Å². The monoisotopic (exact) mass is 168 g/mol. The maximum Gasteiger partial charge on any atom is -0.0393 e. The summed E-state index contributed by atoms with van der Waals surface area (Å²) < 4.78 is 0. The van der Waals surface area contributed by atoms with Crippen LogP contribution in [0.5, 0.6) is 0 Å². The predicted molar refractivity (Wildman–Crippen MR) is 61.5 cm³/mol. The van der Waals surface area contributed by atoms with Crippen LogP contribution in [0.2, 0.25) is 0 Å². The molecule has 0 saturated heterocycles. The first kappa shape index (κ1) is 17.3. The minimum Gasteiger partial charge on any atom is -0.0988 e. The van der Waals surface area contributed by atoms with Crippen LogP contribution in [0.1, 0.15) is 42.0 Å². The van der Waals surface area contributed by atoms with Gasteiger partial charge in [-0.3, -0.25) is 0 Å². The smallest absolute Gasteiger partial charge is 0.0393 e. The number of rotatable bonds is 2. The van der Waals surface area contributed by atoms with Crippen LogP contribution in [0.25, 0.3) is 0 Å². The van der Waals surface area contributed by atoms with Crippen molar-refractivity contribution in [3.05, 3.63) is 36.0 Å². The summed E-state index contributed by atoms with van der Waals surface area (Å²) in [7, 11) is 0. The summed E-state index contributed by atoms with van der Waals surface area (Å²) in [5.74, 6) is 0. The van der Waals surface area contributed by atoms with E-state index < -0.39 is 0 Å². The molecule has 0 aromatic carbocycles. The topological polar surface area (TPSA) is 0 Å². The standard InChI is InChI=1S/C9H14.C2H6.CH4/c1-6-8(4)9(5)7(2)3;1-2;/h6H,1-2H2,3-5H3;1-2H3;1H4/b9-8-;;. The van der Waals surface area contributed by atoms with Gasteiger partial charge in [-0.1, -0.05) is 46.1 Å². The van der Waals surface area contributed by atoms with E-state index in [1.54, 1.807) is 0 Å². The van der Waals surface area contributed by atoms with Crippen molar-refractivity contribution < 1.29 is 0 Å². The van der Waals surface area contributed by atoms with Gasteiger partial charge >= 0.3 is 0 Å². The van der Waals surface area contributed by atoms with E-state index in [1.165, 1.54) is 11.1 Å². The van der Waals surface area contributed by atoms with E-state index >= 15 is 0 Å². The molecule has 0 unspecified atom stereocenters. The molecular formula is C12H24. The SMILES string of the molecule is C.C=C/C(C)=C(/C)C(=C)C.CC. The molecule has 0 aromatic rings. The maximum absolute atomic E-state index is 3.82. The average molecular weight is 168 g/mol. The van der Waals surface area contributed by atoms with Gasteiger partial charge in [-0.05, 0) is 31.9 Å². The van der Waals surface area contributed by atoms with Gasteiger partial charge in [0.15, 0.2) is 0 Å². The van der Waals surface area contributed by atoms with E-state index in [0.29, 0.717) is 0 Å². The molecular weight excluding hydrogens is 144 g/mol. The summed E-state index contributed by atoms with van der Waals surface area (Å²) in [6.07, 6.45) is 1.85. The van der Waals surface area contributed by atoms with Gasteiger partial charge < -0.3 is 0 Å². The zero-order valence-electron chi connectivity index (χ0n) is 8.49. The van der Waals surface area contributed by atoms with Gasteiger partial charge in [0.05, 0.1) is 0 Å². The van der Waals surface area contributed by atoms with Crippen LogP contribution in [0.4, 0.5) is 0 Å². The molecule has 0 heteroatoms. The first-order valence-electron chi connectivity index (χ1n) is 4.05. The molecule has 0 saturated carbocycles. The zero-order chi connectivity index (χ0) is 9.44. The van der Waals surface area contributed by atoms with Crippen LogP contribution < -0.4 is 0 Å². The zero-order valence-corrected chi connectivity index (χ0v) is 8.49. The van der Waals surface area contributed by atoms with Crippen LogP contribution in [0.3, 0.4) is 0 Å². The highest BCUT2D eigenvalue weighted by Crippen LogP contribution is 2.11. The quantitative estimate of drug-likeness (QED) is 0.522. The van der Waals surface area contributed by atoms with E-state index in [2.05, 4.69) is 20.1 Å². The Balaban J connectivity index is -0.000000249. The Morgan fingerprint density at radius 3 is 1.50 bits per heavy atom. The third kappa shape index (κ3) is 7.33. The Labute approximate surface area is 78.7 Å². The fourth-order valence-electron chi connectivity index (χ4n) is 0.490. The van der Waals surface area contributed by atoms with Gasteiger partial charge in [0.2, 0.25) is 0 Å². The van der Waals surface area contributed by atoms with Crippen LogP contribution in [0.15, 0.2) is 36.0 Å². The Kier molecular flexibility index (Phi) is 14.8. The van der Waals surface area contributed by atoms with Crippen molar-refractivity contribution in [3.63, 3.8) is 0 Å². The van der Waals surface area contributed by atoms with Crippen molar-refractivity contribution in [1.82, 2.24) is 0 Å². The molecule has 0 spiro atoms. The van der Waals surface area contributed by atoms with Gasteiger partial charge in [0, 0.05) is 0 Å². The van der Waals surface area contributed by atoms with Gasteiger partial charge in [0.25, 0.3) is 0 Å².